The molecule has 5 N–H and O–H groups in total. The van der Waals surface area contributed by atoms with Gasteiger partial charge in [-0.1, -0.05) is 17.7 Å². The van der Waals surface area contributed by atoms with Gasteiger partial charge in [-0.3, -0.25) is 24.2 Å². The minimum Gasteiger partial charge on any atom is -0.480 e. The molecule has 0 spiro atoms. The van der Waals surface area contributed by atoms with E-state index in [1.807, 2.05) is 12.1 Å². The van der Waals surface area contributed by atoms with E-state index in [2.05, 4.69) is 5.32 Å². The van der Waals surface area contributed by atoms with Crippen LogP contribution in [0.4, 0.5) is 5.69 Å². The van der Waals surface area contributed by atoms with Crippen molar-refractivity contribution in [2.24, 2.45) is 0 Å². The SMILES string of the molecule is CC(C)=CC(=O)CN(CCN(CC(=O)O)CC(Cc1ccc(N)cc1)NCC=O)CC(=O)O. The molecule has 0 saturated heterocycles. The second-order valence-electron chi connectivity index (χ2n) is 8.14. The maximum Gasteiger partial charge on any atom is 0.317 e. The lowest BCUT2D eigenvalue weighted by Crippen LogP contribution is -2.48. The van der Waals surface area contributed by atoms with E-state index in [1.54, 1.807) is 30.9 Å². The Morgan fingerprint density at radius 2 is 1.58 bits per heavy atom. The van der Waals surface area contributed by atoms with Crippen LogP contribution in [0.2, 0.25) is 0 Å². The Labute approximate surface area is 194 Å². The molecule has 0 fully saturated rings. The lowest BCUT2D eigenvalue weighted by molar-refractivity contribution is -0.140. The zero-order valence-electron chi connectivity index (χ0n) is 19.2. The third-order valence-electron chi connectivity index (χ3n) is 4.71. The molecule has 1 atom stereocenters. The first-order valence-corrected chi connectivity index (χ1v) is 10.7. The molecule has 0 aliphatic rings. The van der Waals surface area contributed by atoms with Crippen molar-refractivity contribution in [2.75, 3.05) is 51.5 Å². The summed E-state index contributed by atoms with van der Waals surface area (Å²) in [5.74, 6) is -2.31. The summed E-state index contributed by atoms with van der Waals surface area (Å²) in [6.45, 7) is 3.76. The number of nitrogen functional groups attached to an aromatic ring is 1. The number of carboxylic acids is 2. The van der Waals surface area contributed by atoms with Crippen LogP contribution in [0.1, 0.15) is 19.4 Å². The van der Waals surface area contributed by atoms with Gasteiger partial charge in [0.25, 0.3) is 0 Å². The molecule has 1 aromatic carbocycles. The number of allylic oxidation sites excluding steroid dienone is 1. The van der Waals surface area contributed by atoms with E-state index in [0.717, 1.165) is 17.4 Å². The Balaban J connectivity index is 2.89. The van der Waals surface area contributed by atoms with Crippen LogP contribution in [-0.4, -0.2) is 95.9 Å². The first-order valence-electron chi connectivity index (χ1n) is 10.7. The summed E-state index contributed by atoms with van der Waals surface area (Å²) in [5, 5.41) is 21.6. The number of aliphatic carboxylic acids is 2. The third kappa shape index (κ3) is 13.2. The maximum atomic E-state index is 12.1. The lowest BCUT2D eigenvalue weighted by Gasteiger charge is -2.29. The average molecular weight is 463 g/mol. The van der Waals surface area contributed by atoms with Crippen molar-refractivity contribution in [1.82, 2.24) is 15.1 Å². The van der Waals surface area contributed by atoms with Gasteiger partial charge in [-0.25, -0.2) is 0 Å². The molecule has 10 heteroatoms. The van der Waals surface area contributed by atoms with Gasteiger partial charge in [-0.05, 0) is 44.0 Å². The highest BCUT2D eigenvalue weighted by Gasteiger charge is 2.20. The number of aldehydes is 1. The van der Waals surface area contributed by atoms with E-state index in [4.69, 9.17) is 5.73 Å². The second-order valence-corrected chi connectivity index (χ2v) is 8.14. The van der Waals surface area contributed by atoms with Crippen LogP contribution in [-0.2, 0) is 25.6 Å². The molecule has 0 bridgehead atoms. The topological polar surface area (TPSA) is 153 Å². The number of carbonyl (C=O) groups is 4. The maximum absolute atomic E-state index is 12.1. The predicted molar refractivity (Wildman–Crippen MR) is 125 cm³/mol. The molecule has 0 aromatic heterocycles. The van der Waals surface area contributed by atoms with E-state index in [9.17, 15) is 29.4 Å². The molecule has 1 aromatic rings. The molecule has 0 saturated carbocycles. The van der Waals surface area contributed by atoms with E-state index >= 15 is 0 Å². The summed E-state index contributed by atoms with van der Waals surface area (Å²) >= 11 is 0. The van der Waals surface area contributed by atoms with Crippen LogP contribution in [0.5, 0.6) is 0 Å². The van der Waals surface area contributed by atoms with Crippen molar-refractivity contribution in [2.45, 2.75) is 26.3 Å². The highest BCUT2D eigenvalue weighted by atomic mass is 16.4. The molecule has 1 unspecified atom stereocenters. The number of nitrogens with one attached hydrogen (secondary N) is 1. The standard InChI is InChI=1S/C23H34N4O6/c1-17(2)11-21(29)14-27(16-23(32)33)9-8-26(15-22(30)31)13-20(25-7-10-28)12-18-3-5-19(24)6-4-18/h3-6,10-11,20,25H,7-9,12-16,24H2,1-2H3,(H,30,31)(H,32,33). The Morgan fingerprint density at radius 1 is 1.00 bits per heavy atom. The summed E-state index contributed by atoms with van der Waals surface area (Å²) in [5.41, 5.74) is 8.15. The van der Waals surface area contributed by atoms with E-state index in [0.29, 0.717) is 18.7 Å². The van der Waals surface area contributed by atoms with Gasteiger partial charge in [0.1, 0.15) is 6.29 Å². The van der Waals surface area contributed by atoms with Crippen molar-refractivity contribution < 1.29 is 29.4 Å². The van der Waals surface area contributed by atoms with Gasteiger partial charge < -0.3 is 26.1 Å². The molecular formula is C23H34N4O6. The van der Waals surface area contributed by atoms with Crippen LogP contribution >= 0.6 is 0 Å². The summed E-state index contributed by atoms with van der Waals surface area (Å²) in [6.07, 6.45) is 2.74. The number of hydrogen-bond donors (Lipinski definition) is 4. The fraction of sp³-hybridized carbons (Fsp3) is 0.478. The van der Waals surface area contributed by atoms with Crippen molar-refractivity contribution in [3.63, 3.8) is 0 Å². The monoisotopic (exact) mass is 462 g/mol. The Hall–Kier alpha value is -3.08. The van der Waals surface area contributed by atoms with E-state index in [-0.39, 0.29) is 51.1 Å². The number of benzene rings is 1. The zero-order chi connectivity index (χ0) is 24.8. The first kappa shape index (κ1) is 28.0. The number of carboxylic acid groups (broad SMARTS) is 2. The number of hydrogen-bond acceptors (Lipinski definition) is 8. The van der Waals surface area contributed by atoms with Crippen LogP contribution < -0.4 is 11.1 Å². The van der Waals surface area contributed by atoms with Gasteiger partial charge in [-0.2, -0.15) is 0 Å². The quantitative estimate of drug-likeness (QED) is 0.144. The van der Waals surface area contributed by atoms with Crippen LogP contribution in [0.25, 0.3) is 0 Å². The fourth-order valence-electron chi connectivity index (χ4n) is 3.37. The molecule has 0 aliphatic carbocycles. The number of ketones is 1. The largest absolute Gasteiger partial charge is 0.480 e. The van der Waals surface area contributed by atoms with Crippen LogP contribution in [0.3, 0.4) is 0 Å². The van der Waals surface area contributed by atoms with Gasteiger partial charge in [0.05, 0.1) is 26.2 Å². The zero-order valence-corrected chi connectivity index (χ0v) is 19.2. The summed E-state index contributed by atoms with van der Waals surface area (Å²) in [6, 6.07) is 7.06. The highest BCUT2D eigenvalue weighted by molar-refractivity contribution is 5.92. The highest BCUT2D eigenvalue weighted by Crippen LogP contribution is 2.09. The minimum atomic E-state index is -1.07. The van der Waals surface area contributed by atoms with Crippen molar-refractivity contribution in [1.29, 1.82) is 0 Å². The van der Waals surface area contributed by atoms with E-state index < -0.39 is 11.9 Å². The van der Waals surface area contributed by atoms with Crippen molar-refractivity contribution in [3.8, 4) is 0 Å². The molecule has 1 rings (SSSR count). The Kier molecular flexibility index (Phi) is 12.6. The molecular weight excluding hydrogens is 428 g/mol. The molecule has 33 heavy (non-hydrogen) atoms. The normalized spacial score (nSPS) is 11.9. The Morgan fingerprint density at radius 3 is 2.12 bits per heavy atom. The van der Waals surface area contributed by atoms with Crippen molar-refractivity contribution in [3.05, 3.63) is 41.5 Å². The predicted octanol–water partition coefficient (Wildman–Crippen LogP) is 0.277. The Bertz CT molecular complexity index is 821. The van der Waals surface area contributed by atoms with Gasteiger partial charge in [0.2, 0.25) is 0 Å². The summed E-state index contributed by atoms with van der Waals surface area (Å²) in [4.78, 5) is 48.8. The molecule has 182 valence electrons. The van der Waals surface area contributed by atoms with Crippen LogP contribution in [0.15, 0.2) is 35.9 Å². The number of anilines is 1. The number of rotatable bonds is 17. The number of nitrogens with zero attached hydrogens (tertiary/aromatic N) is 2. The summed E-state index contributed by atoms with van der Waals surface area (Å²) < 4.78 is 0. The minimum absolute atomic E-state index is 0.0728. The third-order valence-corrected chi connectivity index (χ3v) is 4.71. The average Bonchev–Trinajstić information content (AvgIpc) is 2.70. The van der Waals surface area contributed by atoms with Gasteiger partial charge in [-0.15, -0.1) is 0 Å². The van der Waals surface area contributed by atoms with Crippen LogP contribution in [0, 0.1) is 0 Å². The first-order chi connectivity index (χ1) is 15.6. The van der Waals surface area contributed by atoms with Crippen molar-refractivity contribution >= 4 is 29.7 Å². The van der Waals surface area contributed by atoms with Gasteiger partial charge in [0, 0.05) is 31.4 Å². The number of nitrogens with two attached hydrogens (primary N) is 1. The summed E-state index contributed by atoms with van der Waals surface area (Å²) in [7, 11) is 0. The molecule has 0 amide bonds. The van der Waals surface area contributed by atoms with Gasteiger partial charge >= 0.3 is 11.9 Å². The molecule has 10 nitrogen and oxygen atoms in total. The number of carbonyl (C=O) groups excluding carboxylic acids is 2. The van der Waals surface area contributed by atoms with E-state index in [1.165, 1.54) is 11.0 Å². The van der Waals surface area contributed by atoms with Gasteiger partial charge in [0.15, 0.2) is 5.78 Å². The smallest absolute Gasteiger partial charge is 0.317 e. The second kappa shape index (κ2) is 14.9. The molecule has 0 heterocycles. The molecule has 0 aliphatic heterocycles. The fourth-order valence-corrected chi connectivity index (χ4v) is 3.37. The lowest BCUT2D eigenvalue weighted by atomic mass is 10.0. The molecule has 0 radical (unpaired) electrons.